The zero-order valence-electron chi connectivity index (χ0n) is 11.5. The highest BCUT2D eigenvalue weighted by molar-refractivity contribution is 5.73. The molecule has 0 amide bonds. The molecule has 0 aromatic heterocycles. The Kier molecular flexibility index (Phi) is 4.91. The van der Waals surface area contributed by atoms with E-state index in [4.69, 9.17) is 4.74 Å². The van der Waals surface area contributed by atoms with Gasteiger partial charge in [-0.05, 0) is 32.8 Å². The number of ether oxygens (including phenoxy) is 1. The summed E-state index contributed by atoms with van der Waals surface area (Å²) in [4.78, 5) is 12.0. The lowest BCUT2D eigenvalue weighted by molar-refractivity contribution is -0.164. The minimum Gasteiger partial charge on any atom is -0.460 e. The highest BCUT2D eigenvalue weighted by atomic mass is 16.6. The van der Waals surface area contributed by atoms with Crippen molar-refractivity contribution >= 4 is 5.97 Å². The number of carbonyl (C=O) groups is 1. The van der Waals surface area contributed by atoms with Gasteiger partial charge < -0.3 is 9.84 Å². The van der Waals surface area contributed by atoms with Crippen molar-refractivity contribution in [2.75, 3.05) is 0 Å². The van der Waals surface area contributed by atoms with E-state index in [1.165, 1.54) is 0 Å². The van der Waals surface area contributed by atoms with Gasteiger partial charge in [0.1, 0.15) is 5.60 Å². The first-order chi connectivity index (χ1) is 8.35. The number of benzene rings is 1. The molecule has 1 rings (SSSR count). The molecule has 0 radical (unpaired) electrons. The number of rotatable bonds is 4. The zero-order chi connectivity index (χ0) is 13.8. The van der Waals surface area contributed by atoms with Crippen molar-refractivity contribution in [1.82, 2.24) is 0 Å². The Morgan fingerprint density at radius 2 is 1.83 bits per heavy atom. The summed E-state index contributed by atoms with van der Waals surface area (Å²) in [6.07, 6.45) is -0.267. The van der Waals surface area contributed by atoms with Crippen molar-refractivity contribution in [3.8, 4) is 0 Å². The highest BCUT2D eigenvalue weighted by Crippen LogP contribution is 2.27. The van der Waals surface area contributed by atoms with E-state index >= 15 is 0 Å². The molecule has 0 aliphatic carbocycles. The van der Waals surface area contributed by atoms with Gasteiger partial charge in [-0.15, -0.1) is 0 Å². The molecule has 0 spiro atoms. The molecular formula is C15H22O3. The smallest absolute Gasteiger partial charge is 0.312 e. The summed E-state index contributed by atoms with van der Waals surface area (Å²) in [6, 6.07) is 9.21. The van der Waals surface area contributed by atoms with Gasteiger partial charge in [0, 0.05) is 0 Å². The average Bonchev–Trinajstić information content (AvgIpc) is 2.28. The third-order valence-electron chi connectivity index (χ3n) is 2.67. The topological polar surface area (TPSA) is 46.5 Å². The number of carbonyl (C=O) groups excluding carboxylic acids is 1. The maximum absolute atomic E-state index is 12.0. The van der Waals surface area contributed by atoms with Crippen LogP contribution in [0.4, 0.5) is 0 Å². The second-order valence-electron chi connectivity index (χ2n) is 5.40. The second-order valence-corrected chi connectivity index (χ2v) is 5.40. The van der Waals surface area contributed by atoms with Gasteiger partial charge in [0.15, 0.2) is 0 Å². The summed E-state index contributed by atoms with van der Waals surface area (Å²) >= 11 is 0. The third kappa shape index (κ3) is 4.15. The predicted molar refractivity (Wildman–Crippen MR) is 71.0 cm³/mol. The van der Waals surface area contributed by atoms with Crippen LogP contribution in [0.25, 0.3) is 0 Å². The molecule has 1 aromatic carbocycles. The van der Waals surface area contributed by atoms with Crippen LogP contribution in [0.2, 0.25) is 0 Å². The lowest BCUT2D eigenvalue weighted by atomic mass is 9.93. The molecule has 3 nitrogen and oxygen atoms in total. The van der Waals surface area contributed by atoms with Crippen LogP contribution in [0.15, 0.2) is 30.3 Å². The van der Waals surface area contributed by atoms with Crippen LogP contribution in [0.5, 0.6) is 0 Å². The second kappa shape index (κ2) is 6.01. The fourth-order valence-electron chi connectivity index (χ4n) is 1.78. The molecule has 3 heteroatoms. The molecule has 1 aromatic rings. The first-order valence-electron chi connectivity index (χ1n) is 6.31. The monoisotopic (exact) mass is 250 g/mol. The van der Waals surface area contributed by atoms with Crippen molar-refractivity contribution in [1.29, 1.82) is 0 Å². The number of aliphatic hydroxyl groups is 1. The summed E-state index contributed by atoms with van der Waals surface area (Å²) in [5, 5.41) is 10.2. The van der Waals surface area contributed by atoms with E-state index < -0.39 is 17.6 Å². The molecule has 18 heavy (non-hydrogen) atoms. The van der Waals surface area contributed by atoms with Crippen molar-refractivity contribution in [3.05, 3.63) is 35.9 Å². The van der Waals surface area contributed by atoms with Crippen LogP contribution in [-0.4, -0.2) is 16.7 Å². The van der Waals surface area contributed by atoms with Gasteiger partial charge in [-0.25, -0.2) is 0 Å². The molecule has 100 valence electrons. The molecule has 0 unspecified atom stereocenters. The van der Waals surface area contributed by atoms with Crippen LogP contribution in [-0.2, 0) is 9.53 Å². The van der Waals surface area contributed by atoms with Crippen molar-refractivity contribution in [3.63, 3.8) is 0 Å². The summed E-state index contributed by atoms with van der Waals surface area (Å²) in [7, 11) is 0. The van der Waals surface area contributed by atoms with E-state index in [1.807, 2.05) is 58.0 Å². The van der Waals surface area contributed by atoms with Crippen LogP contribution in [0.3, 0.4) is 0 Å². The fourth-order valence-corrected chi connectivity index (χ4v) is 1.78. The van der Waals surface area contributed by atoms with Gasteiger partial charge in [0.05, 0.1) is 12.0 Å². The van der Waals surface area contributed by atoms with E-state index in [0.29, 0.717) is 6.42 Å². The first-order valence-corrected chi connectivity index (χ1v) is 6.31. The summed E-state index contributed by atoms with van der Waals surface area (Å²) in [5.74, 6) is -0.868. The van der Waals surface area contributed by atoms with Gasteiger partial charge in [0.2, 0.25) is 0 Å². The number of hydrogen-bond donors (Lipinski definition) is 1. The minimum atomic E-state index is -0.814. The highest BCUT2D eigenvalue weighted by Gasteiger charge is 2.30. The standard InChI is InChI=1S/C15H22O3/c1-5-12(14(17)18-15(2,3)4)13(16)11-9-7-6-8-10-11/h6-10,12-13,16H,5H2,1-4H3/t12-,13-/m0/s1. The van der Waals surface area contributed by atoms with Crippen molar-refractivity contribution in [2.24, 2.45) is 5.92 Å². The van der Waals surface area contributed by atoms with Gasteiger partial charge in [-0.1, -0.05) is 37.3 Å². The quantitative estimate of drug-likeness (QED) is 0.835. The van der Waals surface area contributed by atoms with Crippen LogP contribution in [0.1, 0.15) is 45.8 Å². The van der Waals surface area contributed by atoms with E-state index in [9.17, 15) is 9.90 Å². The maximum Gasteiger partial charge on any atom is 0.312 e. The van der Waals surface area contributed by atoms with Gasteiger partial charge in [0.25, 0.3) is 0 Å². The predicted octanol–water partition coefficient (Wildman–Crippen LogP) is 3.09. The third-order valence-corrected chi connectivity index (χ3v) is 2.67. The van der Waals surface area contributed by atoms with Crippen LogP contribution in [0, 0.1) is 5.92 Å². The molecule has 0 aliphatic heterocycles. The number of aliphatic hydroxyl groups excluding tert-OH is 1. The number of esters is 1. The van der Waals surface area contributed by atoms with E-state index in [0.717, 1.165) is 5.56 Å². The average molecular weight is 250 g/mol. The number of hydrogen-bond acceptors (Lipinski definition) is 3. The molecule has 0 aliphatic rings. The minimum absolute atomic E-state index is 0.346. The molecule has 2 atom stereocenters. The molecule has 1 N–H and O–H groups in total. The molecule has 0 saturated heterocycles. The normalized spacial score (nSPS) is 14.9. The maximum atomic E-state index is 12.0. The lowest BCUT2D eigenvalue weighted by Gasteiger charge is -2.26. The Bertz CT molecular complexity index is 378. The SMILES string of the molecule is CC[C@H](C(=O)OC(C)(C)C)[C@@H](O)c1ccccc1. The largest absolute Gasteiger partial charge is 0.460 e. The summed E-state index contributed by atoms with van der Waals surface area (Å²) in [5.41, 5.74) is 0.219. The lowest BCUT2D eigenvalue weighted by Crippen LogP contribution is -2.31. The van der Waals surface area contributed by atoms with Crippen molar-refractivity contribution < 1.29 is 14.6 Å². The van der Waals surface area contributed by atoms with E-state index in [2.05, 4.69) is 0 Å². The van der Waals surface area contributed by atoms with Gasteiger partial charge in [-0.2, -0.15) is 0 Å². The van der Waals surface area contributed by atoms with Crippen molar-refractivity contribution in [2.45, 2.75) is 45.8 Å². The fraction of sp³-hybridized carbons (Fsp3) is 0.533. The molecule has 0 heterocycles. The van der Waals surface area contributed by atoms with E-state index in [-0.39, 0.29) is 5.97 Å². The Hall–Kier alpha value is -1.35. The Balaban J connectivity index is 2.81. The zero-order valence-corrected chi connectivity index (χ0v) is 11.5. The van der Waals surface area contributed by atoms with Crippen LogP contribution >= 0.6 is 0 Å². The summed E-state index contributed by atoms with van der Waals surface area (Å²) < 4.78 is 5.33. The molecule has 0 fully saturated rings. The van der Waals surface area contributed by atoms with Gasteiger partial charge >= 0.3 is 5.97 Å². The Labute approximate surface area is 109 Å². The molecular weight excluding hydrogens is 228 g/mol. The molecule has 0 bridgehead atoms. The van der Waals surface area contributed by atoms with E-state index in [1.54, 1.807) is 0 Å². The first kappa shape index (κ1) is 14.7. The summed E-state index contributed by atoms with van der Waals surface area (Å²) in [6.45, 7) is 7.35. The molecule has 0 saturated carbocycles. The van der Waals surface area contributed by atoms with Gasteiger partial charge in [-0.3, -0.25) is 4.79 Å². The Morgan fingerprint density at radius 3 is 2.28 bits per heavy atom. The Morgan fingerprint density at radius 1 is 1.28 bits per heavy atom. The van der Waals surface area contributed by atoms with Crippen LogP contribution < -0.4 is 0 Å².